The minimum Gasteiger partial charge on any atom is -0.444 e. The molecule has 3 fully saturated rings. The van der Waals surface area contributed by atoms with Crippen LogP contribution in [0.1, 0.15) is 59.8 Å². The Balaban J connectivity index is 1.55. The van der Waals surface area contributed by atoms with Gasteiger partial charge in [-0.3, -0.25) is 9.59 Å². The molecule has 2 bridgehead atoms. The molecule has 0 aromatic rings. The molecule has 3 rings (SSSR count). The molecule has 0 aliphatic carbocycles. The zero-order chi connectivity index (χ0) is 19.1. The molecule has 3 saturated heterocycles. The molecule has 0 saturated carbocycles. The number of rotatable bonds is 3. The first-order valence-electron chi connectivity index (χ1n) is 9.58. The molecule has 0 aromatic carbocycles. The fourth-order valence-corrected chi connectivity index (χ4v) is 5.54. The number of hydrogen-bond acceptors (Lipinski definition) is 5. The monoisotopic (exact) mass is 382 g/mol. The summed E-state index contributed by atoms with van der Waals surface area (Å²) in [4.78, 5) is 39.9. The Labute approximate surface area is 160 Å². The summed E-state index contributed by atoms with van der Waals surface area (Å²) in [5, 5.41) is 0.173. The number of likely N-dealkylation sites (tertiary alicyclic amines) is 1. The van der Waals surface area contributed by atoms with E-state index < -0.39 is 5.60 Å². The molecule has 146 valence electrons. The van der Waals surface area contributed by atoms with Gasteiger partial charge in [-0.05, 0) is 52.4 Å². The summed E-state index contributed by atoms with van der Waals surface area (Å²) in [5.74, 6) is 0.585. The van der Waals surface area contributed by atoms with Crippen molar-refractivity contribution in [3.8, 4) is 0 Å². The lowest BCUT2D eigenvalue weighted by molar-refractivity contribution is -0.128. The van der Waals surface area contributed by atoms with Crippen LogP contribution in [0.25, 0.3) is 0 Å². The van der Waals surface area contributed by atoms with Crippen molar-refractivity contribution in [2.45, 2.75) is 82.7 Å². The first-order chi connectivity index (χ1) is 12.1. The zero-order valence-electron chi connectivity index (χ0n) is 16.2. The fourth-order valence-electron chi connectivity index (χ4n) is 4.59. The first kappa shape index (κ1) is 19.5. The van der Waals surface area contributed by atoms with E-state index in [1.54, 1.807) is 6.92 Å². The molecule has 7 heteroatoms. The quantitative estimate of drug-likeness (QED) is 0.750. The van der Waals surface area contributed by atoms with Crippen LogP contribution in [0.5, 0.6) is 0 Å². The number of carbonyl (C=O) groups excluding carboxylic acids is 3. The summed E-state index contributed by atoms with van der Waals surface area (Å²) in [6.07, 6.45) is 4.19. The van der Waals surface area contributed by atoms with Gasteiger partial charge in [0.2, 0.25) is 5.91 Å². The summed E-state index contributed by atoms with van der Waals surface area (Å²) >= 11 is 1.28. The van der Waals surface area contributed by atoms with Crippen molar-refractivity contribution in [1.29, 1.82) is 0 Å². The van der Waals surface area contributed by atoms with E-state index in [2.05, 4.69) is 0 Å². The normalized spacial score (nSPS) is 31.5. The molecule has 0 spiro atoms. The first-order valence-corrected chi connectivity index (χ1v) is 10.5. The molecular weight excluding hydrogens is 352 g/mol. The second-order valence-corrected chi connectivity index (χ2v) is 10.3. The van der Waals surface area contributed by atoms with Crippen molar-refractivity contribution in [1.82, 2.24) is 9.80 Å². The predicted octanol–water partition coefficient (Wildman–Crippen LogP) is 3.05. The Bertz CT molecular complexity index is 575. The zero-order valence-corrected chi connectivity index (χ0v) is 17.0. The molecule has 26 heavy (non-hydrogen) atoms. The highest BCUT2D eigenvalue weighted by Crippen LogP contribution is 2.40. The van der Waals surface area contributed by atoms with E-state index in [0.29, 0.717) is 18.9 Å². The van der Waals surface area contributed by atoms with Crippen LogP contribution in [0.3, 0.4) is 0 Å². The number of nitrogens with zero attached hydrogens (tertiary/aromatic N) is 2. The number of fused-ring (bicyclic) bond motifs is 2. The van der Waals surface area contributed by atoms with Crippen molar-refractivity contribution in [2.75, 3.05) is 13.1 Å². The summed E-state index contributed by atoms with van der Waals surface area (Å²) < 4.78 is 5.58. The highest BCUT2D eigenvalue weighted by molar-refractivity contribution is 8.14. The Kier molecular flexibility index (Phi) is 5.56. The number of piperidine rings is 1. The SMILES string of the molecule is CC(=O)SC1CC(=O)N(CC2C[C@H]3CC[C@@H](C2)N3C(=O)OC(C)(C)C)C1. The van der Waals surface area contributed by atoms with Crippen LogP contribution in [-0.2, 0) is 14.3 Å². The summed E-state index contributed by atoms with van der Waals surface area (Å²) in [6, 6.07) is 0.461. The molecule has 3 aliphatic heterocycles. The summed E-state index contributed by atoms with van der Waals surface area (Å²) in [7, 11) is 0. The fraction of sp³-hybridized carbons (Fsp3) is 0.842. The van der Waals surface area contributed by atoms with Gasteiger partial charge in [-0.1, -0.05) is 11.8 Å². The smallest absolute Gasteiger partial charge is 0.410 e. The molecule has 4 atom stereocenters. The maximum Gasteiger partial charge on any atom is 0.410 e. The average Bonchev–Trinajstić information content (AvgIpc) is 2.94. The van der Waals surface area contributed by atoms with E-state index in [-0.39, 0.29) is 34.4 Å². The van der Waals surface area contributed by atoms with Crippen LogP contribution in [0.2, 0.25) is 0 Å². The molecule has 2 amide bonds. The van der Waals surface area contributed by atoms with Gasteiger partial charge in [0.25, 0.3) is 0 Å². The van der Waals surface area contributed by atoms with E-state index in [1.807, 2.05) is 30.6 Å². The molecule has 0 aromatic heterocycles. The number of ether oxygens (including phenoxy) is 1. The lowest BCUT2D eigenvalue weighted by atomic mass is 9.90. The number of amides is 2. The summed E-state index contributed by atoms with van der Waals surface area (Å²) in [6.45, 7) is 8.67. The lowest BCUT2D eigenvalue weighted by Gasteiger charge is -2.40. The molecule has 0 radical (unpaired) electrons. The van der Waals surface area contributed by atoms with Gasteiger partial charge >= 0.3 is 6.09 Å². The number of carbonyl (C=O) groups is 3. The van der Waals surface area contributed by atoms with Crippen molar-refractivity contribution < 1.29 is 19.1 Å². The van der Waals surface area contributed by atoms with Crippen molar-refractivity contribution in [3.63, 3.8) is 0 Å². The lowest BCUT2D eigenvalue weighted by Crippen LogP contribution is -2.50. The van der Waals surface area contributed by atoms with Crippen LogP contribution in [0, 0.1) is 5.92 Å². The van der Waals surface area contributed by atoms with Crippen LogP contribution in [-0.4, -0.2) is 62.9 Å². The predicted molar refractivity (Wildman–Crippen MR) is 101 cm³/mol. The Hall–Kier alpha value is -1.24. The Morgan fingerprint density at radius 2 is 1.81 bits per heavy atom. The third kappa shape index (κ3) is 4.53. The molecule has 3 heterocycles. The largest absolute Gasteiger partial charge is 0.444 e. The average molecular weight is 383 g/mol. The van der Waals surface area contributed by atoms with Gasteiger partial charge in [0.05, 0.1) is 0 Å². The van der Waals surface area contributed by atoms with Crippen LogP contribution >= 0.6 is 11.8 Å². The molecule has 6 nitrogen and oxygen atoms in total. The second kappa shape index (κ2) is 7.41. The van der Waals surface area contributed by atoms with E-state index in [1.165, 1.54) is 11.8 Å². The Morgan fingerprint density at radius 1 is 1.19 bits per heavy atom. The van der Waals surface area contributed by atoms with Gasteiger partial charge in [-0.15, -0.1) is 0 Å². The van der Waals surface area contributed by atoms with Gasteiger partial charge < -0.3 is 14.5 Å². The molecule has 3 aliphatic rings. The van der Waals surface area contributed by atoms with Gasteiger partial charge in [-0.2, -0.15) is 0 Å². The number of thioether (sulfide) groups is 1. The van der Waals surface area contributed by atoms with Crippen molar-refractivity contribution >= 4 is 28.9 Å². The van der Waals surface area contributed by atoms with Crippen LogP contribution in [0.15, 0.2) is 0 Å². The molecule has 2 unspecified atom stereocenters. The third-order valence-corrected chi connectivity index (χ3v) is 6.41. The Morgan fingerprint density at radius 3 is 2.35 bits per heavy atom. The maximum atomic E-state index is 12.5. The van der Waals surface area contributed by atoms with E-state index in [4.69, 9.17) is 4.74 Å². The van der Waals surface area contributed by atoms with Gasteiger partial charge in [0.15, 0.2) is 5.12 Å². The number of hydrogen-bond donors (Lipinski definition) is 0. The maximum absolute atomic E-state index is 12.5. The minimum atomic E-state index is -0.473. The third-order valence-electron chi connectivity index (χ3n) is 5.43. The highest BCUT2D eigenvalue weighted by Gasteiger charge is 2.45. The summed E-state index contributed by atoms with van der Waals surface area (Å²) in [5.41, 5.74) is -0.473. The second-order valence-electron chi connectivity index (χ2n) is 8.84. The standard InChI is InChI=1S/C19H30N2O4S/c1-12(22)26-16-9-17(23)20(11-16)10-13-7-14-5-6-15(8-13)21(14)18(24)25-19(2,3)4/h13-16H,5-11H2,1-4H3/t13?,14-,15+,16?. The van der Waals surface area contributed by atoms with Gasteiger partial charge in [0, 0.05) is 43.8 Å². The van der Waals surface area contributed by atoms with E-state index in [9.17, 15) is 14.4 Å². The van der Waals surface area contributed by atoms with Crippen LogP contribution in [0.4, 0.5) is 4.79 Å². The topological polar surface area (TPSA) is 66.9 Å². The van der Waals surface area contributed by atoms with E-state index >= 15 is 0 Å². The molecule has 0 N–H and O–H groups in total. The van der Waals surface area contributed by atoms with Gasteiger partial charge in [-0.25, -0.2) is 4.79 Å². The minimum absolute atomic E-state index is 0.0772. The van der Waals surface area contributed by atoms with E-state index in [0.717, 1.165) is 32.2 Å². The van der Waals surface area contributed by atoms with Gasteiger partial charge in [0.1, 0.15) is 5.60 Å². The van der Waals surface area contributed by atoms with Crippen molar-refractivity contribution in [2.24, 2.45) is 5.92 Å². The van der Waals surface area contributed by atoms with Crippen molar-refractivity contribution in [3.05, 3.63) is 0 Å². The molecular formula is C19H30N2O4S. The highest BCUT2D eigenvalue weighted by atomic mass is 32.2. The van der Waals surface area contributed by atoms with Crippen LogP contribution < -0.4 is 0 Å².